The van der Waals surface area contributed by atoms with E-state index in [9.17, 15) is 22.4 Å². The third kappa shape index (κ3) is 1.51. The number of hydrogen-bond acceptors (Lipinski definition) is 1. The van der Waals surface area contributed by atoms with Crippen molar-refractivity contribution in [3.63, 3.8) is 0 Å². The summed E-state index contributed by atoms with van der Waals surface area (Å²) in [5.74, 6) is -7.32. The summed E-state index contributed by atoms with van der Waals surface area (Å²) in [7, 11) is 0. The van der Waals surface area contributed by atoms with Gasteiger partial charge in [-0.3, -0.25) is 0 Å². The van der Waals surface area contributed by atoms with E-state index in [-0.39, 0.29) is 0 Å². The molecular weight excluding hydrogens is 180 g/mol. The van der Waals surface area contributed by atoms with Gasteiger partial charge >= 0.3 is 11.9 Å². The van der Waals surface area contributed by atoms with Crippen molar-refractivity contribution < 1.29 is 27.5 Å². The lowest BCUT2D eigenvalue weighted by molar-refractivity contribution is -0.194. The van der Waals surface area contributed by atoms with Crippen LogP contribution in [0.5, 0.6) is 0 Å². The van der Waals surface area contributed by atoms with Gasteiger partial charge in [0, 0.05) is 0 Å². The topological polar surface area (TPSA) is 37.3 Å². The minimum absolute atomic E-state index is 0.886. The zero-order valence-electron chi connectivity index (χ0n) is 6.28. The number of carbonyl (C=O) groups is 1. The van der Waals surface area contributed by atoms with Gasteiger partial charge in [0.05, 0.1) is 0 Å². The normalized spacial score (nSPS) is 17.1. The summed E-state index contributed by atoms with van der Waals surface area (Å²) in [4.78, 5) is 9.83. The summed E-state index contributed by atoms with van der Waals surface area (Å²) in [6, 6.07) is 0. The van der Waals surface area contributed by atoms with Crippen LogP contribution in [-0.2, 0) is 4.79 Å². The van der Waals surface area contributed by atoms with E-state index < -0.39 is 30.7 Å². The Morgan fingerprint density at radius 3 is 1.92 bits per heavy atom. The highest BCUT2D eigenvalue weighted by Crippen LogP contribution is 2.35. The monoisotopic (exact) mass is 188 g/mol. The first-order chi connectivity index (χ1) is 5.31. The summed E-state index contributed by atoms with van der Waals surface area (Å²) < 4.78 is 49.3. The Bertz CT molecular complexity index is 176. The molecule has 0 heterocycles. The molecule has 0 saturated carbocycles. The van der Waals surface area contributed by atoms with E-state index in [0.29, 0.717) is 0 Å². The van der Waals surface area contributed by atoms with Crippen LogP contribution in [-0.4, -0.2) is 29.3 Å². The Balaban J connectivity index is 4.83. The molecule has 0 bridgehead atoms. The van der Waals surface area contributed by atoms with Gasteiger partial charge in [0.2, 0.25) is 5.67 Å². The number of rotatable bonds is 4. The number of alkyl halides is 4. The molecule has 1 atom stereocenters. The average Bonchev–Trinajstić information content (AvgIpc) is 2.02. The maximum Gasteiger partial charge on any atom is 0.378 e. The molecule has 2 nitrogen and oxygen atoms in total. The van der Waals surface area contributed by atoms with Crippen LogP contribution in [0, 0.1) is 0 Å². The molecule has 0 amide bonds. The van der Waals surface area contributed by atoms with Crippen molar-refractivity contribution in [2.45, 2.75) is 24.9 Å². The lowest BCUT2D eigenvalue weighted by Gasteiger charge is -2.26. The Labute approximate surface area is 66.2 Å². The van der Waals surface area contributed by atoms with Gasteiger partial charge in [-0.15, -0.1) is 0 Å². The number of carboxylic acid groups (broad SMARTS) is 1. The second kappa shape index (κ2) is 3.28. The molecule has 1 unspecified atom stereocenters. The number of aliphatic carboxylic acids is 1. The quantitative estimate of drug-likeness (QED) is 0.683. The van der Waals surface area contributed by atoms with Gasteiger partial charge in [-0.05, 0) is 6.42 Å². The van der Waals surface area contributed by atoms with Crippen molar-refractivity contribution >= 4 is 5.97 Å². The van der Waals surface area contributed by atoms with E-state index in [2.05, 4.69) is 0 Å². The van der Waals surface area contributed by atoms with Crippen molar-refractivity contribution in [1.29, 1.82) is 0 Å². The van der Waals surface area contributed by atoms with Crippen molar-refractivity contribution in [3.8, 4) is 0 Å². The number of carboxylic acids is 1. The van der Waals surface area contributed by atoms with Crippen LogP contribution < -0.4 is 0 Å². The molecular formula is C6H8F4O2. The third-order valence-corrected chi connectivity index (χ3v) is 1.60. The fourth-order valence-corrected chi connectivity index (χ4v) is 0.592. The molecule has 6 heteroatoms. The second-order valence-electron chi connectivity index (χ2n) is 2.33. The van der Waals surface area contributed by atoms with E-state index in [1.54, 1.807) is 0 Å². The summed E-state index contributed by atoms with van der Waals surface area (Å²) in [5.41, 5.74) is -3.60. The van der Waals surface area contributed by atoms with Gasteiger partial charge in [0.1, 0.15) is 6.67 Å². The van der Waals surface area contributed by atoms with E-state index in [4.69, 9.17) is 5.11 Å². The largest absolute Gasteiger partial charge is 0.477 e. The Kier molecular flexibility index (Phi) is 3.06. The molecule has 0 spiro atoms. The van der Waals surface area contributed by atoms with E-state index in [1.165, 1.54) is 0 Å². The van der Waals surface area contributed by atoms with Crippen molar-refractivity contribution in [1.82, 2.24) is 0 Å². The summed E-state index contributed by atoms with van der Waals surface area (Å²) >= 11 is 0. The van der Waals surface area contributed by atoms with Crippen molar-refractivity contribution in [2.75, 3.05) is 6.67 Å². The summed E-state index contributed by atoms with van der Waals surface area (Å²) in [6.07, 6.45) is -0.886. The molecule has 0 aliphatic carbocycles. The molecule has 0 fully saturated rings. The van der Waals surface area contributed by atoms with Gasteiger partial charge in [0.15, 0.2) is 0 Å². The molecule has 0 aliphatic heterocycles. The van der Waals surface area contributed by atoms with Gasteiger partial charge in [-0.25, -0.2) is 13.6 Å². The Hall–Kier alpha value is -0.810. The van der Waals surface area contributed by atoms with E-state index in [1.807, 2.05) is 0 Å². The molecule has 0 aromatic rings. The second-order valence-corrected chi connectivity index (χ2v) is 2.33. The SMILES string of the molecule is CCC(F)(CF)C(F)(F)C(=O)O. The zero-order chi connectivity index (χ0) is 9.99. The first kappa shape index (κ1) is 11.2. The zero-order valence-corrected chi connectivity index (χ0v) is 6.28. The fourth-order valence-electron chi connectivity index (χ4n) is 0.592. The van der Waals surface area contributed by atoms with Crippen LogP contribution >= 0.6 is 0 Å². The average molecular weight is 188 g/mol. The van der Waals surface area contributed by atoms with Gasteiger partial charge < -0.3 is 5.11 Å². The maximum absolute atomic E-state index is 12.8. The first-order valence-electron chi connectivity index (χ1n) is 3.18. The molecule has 0 aromatic heterocycles. The smallest absolute Gasteiger partial charge is 0.378 e. The highest BCUT2D eigenvalue weighted by atomic mass is 19.3. The fraction of sp³-hybridized carbons (Fsp3) is 0.833. The molecule has 72 valence electrons. The van der Waals surface area contributed by atoms with Crippen LogP contribution in [0.1, 0.15) is 13.3 Å². The molecule has 0 rings (SSSR count). The number of hydrogen-bond donors (Lipinski definition) is 1. The Morgan fingerprint density at radius 1 is 1.42 bits per heavy atom. The van der Waals surface area contributed by atoms with Crippen LogP contribution in [0.4, 0.5) is 17.6 Å². The maximum atomic E-state index is 12.8. The molecule has 0 radical (unpaired) electrons. The molecule has 1 N–H and O–H groups in total. The molecule has 0 aliphatic rings. The van der Waals surface area contributed by atoms with Crippen LogP contribution in [0.3, 0.4) is 0 Å². The standard InChI is InChI=1S/C6H8F4O2/c1-2-5(8,3-7)6(9,10)4(11)12/h2-3H2,1H3,(H,11,12). The molecule has 0 aromatic carbocycles. The van der Waals surface area contributed by atoms with Crippen LogP contribution in [0.15, 0.2) is 0 Å². The highest BCUT2D eigenvalue weighted by Gasteiger charge is 2.60. The third-order valence-electron chi connectivity index (χ3n) is 1.60. The van der Waals surface area contributed by atoms with Crippen molar-refractivity contribution in [3.05, 3.63) is 0 Å². The van der Waals surface area contributed by atoms with E-state index in [0.717, 1.165) is 6.92 Å². The predicted molar refractivity (Wildman–Crippen MR) is 32.7 cm³/mol. The minimum Gasteiger partial charge on any atom is -0.477 e. The van der Waals surface area contributed by atoms with Gasteiger partial charge in [-0.2, -0.15) is 8.78 Å². The van der Waals surface area contributed by atoms with Crippen molar-refractivity contribution in [2.24, 2.45) is 0 Å². The lowest BCUT2D eigenvalue weighted by Crippen LogP contribution is -2.51. The van der Waals surface area contributed by atoms with Crippen LogP contribution in [0.2, 0.25) is 0 Å². The lowest BCUT2D eigenvalue weighted by atomic mass is 9.96. The predicted octanol–water partition coefficient (Wildman–Crippen LogP) is 1.79. The highest BCUT2D eigenvalue weighted by molar-refractivity contribution is 5.77. The minimum atomic E-state index is -4.67. The van der Waals surface area contributed by atoms with Gasteiger partial charge in [0.25, 0.3) is 0 Å². The summed E-state index contributed by atoms with van der Waals surface area (Å²) in [6.45, 7) is -1.06. The molecule has 0 saturated heterocycles. The molecule has 12 heavy (non-hydrogen) atoms. The first-order valence-corrected chi connectivity index (χ1v) is 3.18. The number of halogens is 4. The summed E-state index contributed by atoms with van der Waals surface area (Å²) in [5, 5.41) is 7.88. The van der Waals surface area contributed by atoms with Crippen LogP contribution in [0.25, 0.3) is 0 Å². The Morgan fingerprint density at radius 2 is 1.83 bits per heavy atom. The van der Waals surface area contributed by atoms with Gasteiger partial charge in [-0.1, -0.05) is 6.92 Å². The van der Waals surface area contributed by atoms with E-state index >= 15 is 0 Å².